The molecule has 2 heterocycles. The molecule has 0 bridgehead atoms. The summed E-state index contributed by atoms with van der Waals surface area (Å²) in [5, 5.41) is 9.65. The molecule has 1 N–H and O–H groups in total. The Morgan fingerprint density at radius 2 is 1.56 bits per heavy atom. The summed E-state index contributed by atoms with van der Waals surface area (Å²) in [6.07, 6.45) is 9.12. The first-order chi connectivity index (χ1) is 12.2. The van der Waals surface area contributed by atoms with E-state index in [1.165, 1.54) is 32.1 Å². The smallest absolute Gasteiger partial charge is 0.254 e. The first kappa shape index (κ1) is 16.9. The molecule has 1 saturated carbocycles. The Bertz CT molecular complexity index is 586. The van der Waals surface area contributed by atoms with Crippen LogP contribution < -0.4 is 4.90 Å². The van der Waals surface area contributed by atoms with E-state index < -0.39 is 0 Å². The molecule has 4 rings (SSSR count). The van der Waals surface area contributed by atoms with Gasteiger partial charge in [0.05, 0.1) is 6.10 Å². The van der Waals surface area contributed by atoms with Crippen LogP contribution >= 0.6 is 0 Å². The highest BCUT2D eigenvalue weighted by Gasteiger charge is 2.36. The SMILES string of the molecule is O=C(c1ccc(N2CCC(O)CC2)cc1)N1CCCC1C1CCCC1. The molecule has 1 aliphatic carbocycles. The third-order valence-electron chi connectivity index (χ3n) is 6.45. The number of carbonyl (C=O) groups excluding carboxylic acids is 1. The zero-order chi connectivity index (χ0) is 17.2. The second-order valence-electron chi connectivity index (χ2n) is 8.02. The Kier molecular flexibility index (Phi) is 4.98. The molecular formula is C21H30N2O2. The summed E-state index contributed by atoms with van der Waals surface area (Å²) < 4.78 is 0. The number of hydrogen-bond acceptors (Lipinski definition) is 3. The lowest BCUT2D eigenvalue weighted by Gasteiger charge is -2.32. The number of piperidine rings is 1. The maximum atomic E-state index is 13.0. The van der Waals surface area contributed by atoms with Crippen LogP contribution in [0.25, 0.3) is 0 Å². The summed E-state index contributed by atoms with van der Waals surface area (Å²) >= 11 is 0. The van der Waals surface area contributed by atoms with Gasteiger partial charge in [0.2, 0.25) is 0 Å². The molecule has 3 aliphatic rings. The minimum atomic E-state index is -0.153. The molecule has 1 amide bonds. The van der Waals surface area contributed by atoms with Crippen molar-refractivity contribution >= 4 is 11.6 Å². The van der Waals surface area contributed by atoms with Crippen molar-refractivity contribution in [3.8, 4) is 0 Å². The fourth-order valence-corrected chi connectivity index (χ4v) is 4.98. The van der Waals surface area contributed by atoms with Gasteiger partial charge < -0.3 is 14.9 Å². The maximum absolute atomic E-state index is 13.0. The van der Waals surface area contributed by atoms with E-state index in [0.717, 1.165) is 56.1 Å². The molecule has 0 aromatic heterocycles. The van der Waals surface area contributed by atoms with Crippen LogP contribution in [0.4, 0.5) is 5.69 Å². The molecule has 1 unspecified atom stereocenters. The van der Waals surface area contributed by atoms with Crippen molar-refractivity contribution < 1.29 is 9.90 Å². The van der Waals surface area contributed by atoms with Gasteiger partial charge >= 0.3 is 0 Å². The Hall–Kier alpha value is -1.55. The fourth-order valence-electron chi connectivity index (χ4n) is 4.98. The first-order valence-electron chi connectivity index (χ1n) is 10.1. The lowest BCUT2D eigenvalue weighted by atomic mass is 9.95. The molecule has 4 heteroatoms. The van der Waals surface area contributed by atoms with Gasteiger partial charge in [-0.25, -0.2) is 0 Å². The van der Waals surface area contributed by atoms with Gasteiger partial charge in [-0.3, -0.25) is 4.79 Å². The minimum Gasteiger partial charge on any atom is -0.393 e. The maximum Gasteiger partial charge on any atom is 0.254 e. The third kappa shape index (κ3) is 3.55. The van der Waals surface area contributed by atoms with E-state index in [1.54, 1.807) is 0 Å². The number of amides is 1. The second-order valence-corrected chi connectivity index (χ2v) is 8.02. The number of hydrogen-bond donors (Lipinski definition) is 1. The van der Waals surface area contributed by atoms with Crippen LogP contribution in [0, 0.1) is 5.92 Å². The lowest BCUT2D eigenvalue weighted by Crippen LogP contribution is -2.39. The van der Waals surface area contributed by atoms with E-state index >= 15 is 0 Å². The molecule has 0 spiro atoms. The molecule has 2 aliphatic heterocycles. The van der Waals surface area contributed by atoms with Crippen molar-refractivity contribution in [3.63, 3.8) is 0 Å². The van der Waals surface area contributed by atoms with Crippen molar-refractivity contribution in [1.82, 2.24) is 4.90 Å². The summed E-state index contributed by atoms with van der Waals surface area (Å²) in [4.78, 5) is 17.5. The molecule has 136 valence electrons. The lowest BCUT2D eigenvalue weighted by molar-refractivity contribution is 0.0689. The molecule has 1 atom stereocenters. The molecule has 2 saturated heterocycles. The van der Waals surface area contributed by atoms with Crippen LogP contribution in [-0.2, 0) is 0 Å². The molecular weight excluding hydrogens is 312 g/mol. The van der Waals surface area contributed by atoms with E-state index in [0.29, 0.717) is 6.04 Å². The Labute approximate surface area is 150 Å². The number of aliphatic hydroxyl groups is 1. The minimum absolute atomic E-state index is 0.153. The number of aliphatic hydroxyl groups excluding tert-OH is 1. The predicted molar refractivity (Wildman–Crippen MR) is 99.9 cm³/mol. The number of carbonyl (C=O) groups is 1. The van der Waals surface area contributed by atoms with E-state index in [9.17, 15) is 9.90 Å². The van der Waals surface area contributed by atoms with Gasteiger partial charge in [-0.15, -0.1) is 0 Å². The van der Waals surface area contributed by atoms with Crippen molar-refractivity contribution in [2.75, 3.05) is 24.5 Å². The van der Waals surface area contributed by atoms with Gasteiger partial charge in [-0.05, 0) is 68.7 Å². The van der Waals surface area contributed by atoms with Crippen LogP contribution in [-0.4, -0.2) is 47.7 Å². The molecule has 25 heavy (non-hydrogen) atoms. The summed E-state index contributed by atoms with van der Waals surface area (Å²) in [6.45, 7) is 2.71. The van der Waals surface area contributed by atoms with Gasteiger partial charge in [-0.2, -0.15) is 0 Å². The largest absolute Gasteiger partial charge is 0.393 e. The number of anilines is 1. The van der Waals surface area contributed by atoms with E-state index in [-0.39, 0.29) is 12.0 Å². The van der Waals surface area contributed by atoms with Crippen molar-refractivity contribution in [3.05, 3.63) is 29.8 Å². The highest BCUT2D eigenvalue weighted by atomic mass is 16.3. The zero-order valence-corrected chi connectivity index (χ0v) is 15.1. The van der Waals surface area contributed by atoms with Crippen molar-refractivity contribution in [2.24, 2.45) is 5.92 Å². The first-order valence-corrected chi connectivity index (χ1v) is 10.1. The number of rotatable bonds is 3. The van der Waals surface area contributed by atoms with Gasteiger partial charge in [0.1, 0.15) is 0 Å². The summed E-state index contributed by atoms with van der Waals surface area (Å²) in [7, 11) is 0. The summed E-state index contributed by atoms with van der Waals surface area (Å²) in [6, 6.07) is 8.61. The predicted octanol–water partition coefficient (Wildman–Crippen LogP) is 3.44. The van der Waals surface area contributed by atoms with Gasteiger partial charge in [0, 0.05) is 36.9 Å². The summed E-state index contributed by atoms with van der Waals surface area (Å²) in [5.41, 5.74) is 1.99. The van der Waals surface area contributed by atoms with E-state index in [2.05, 4.69) is 21.9 Å². The Balaban J connectivity index is 1.43. The Morgan fingerprint density at radius 3 is 2.24 bits per heavy atom. The molecule has 3 fully saturated rings. The summed E-state index contributed by atoms with van der Waals surface area (Å²) in [5.74, 6) is 0.945. The van der Waals surface area contributed by atoms with E-state index in [1.807, 2.05) is 12.1 Å². The highest BCUT2D eigenvalue weighted by Crippen LogP contribution is 2.36. The zero-order valence-electron chi connectivity index (χ0n) is 15.1. The van der Waals surface area contributed by atoms with Crippen LogP contribution in [0.15, 0.2) is 24.3 Å². The van der Waals surface area contributed by atoms with E-state index in [4.69, 9.17) is 0 Å². The van der Waals surface area contributed by atoms with Crippen molar-refractivity contribution in [2.45, 2.75) is 63.5 Å². The average molecular weight is 342 g/mol. The number of nitrogens with zero attached hydrogens (tertiary/aromatic N) is 2. The molecule has 0 radical (unpaired) electrons. The van der Waals surface area contributed by atoms with Gasteiger partial charge in [0.15, 0.2) is 0 Å². The Morgan fingerprint density at radius 1 is 0.880 bits per heavy atom. The average Bonchev–Trinajstić information content (AvgIpc) is 3.33. The number of likely N-dealkylation sites (tertiary alicyclic amines) is 1. The number of benzene rings is 1. The highest BCUT2D eigenvalue weighted by molar-refractivity contribution is 5.95. The third-order valence-corrected chi connectivity index (χ3v) is 6.45. The van der Waals surface area contributed by atoms with Crippen LogP contribution in [0.3, 0.4) is 0 Å². The second kappa shape index (κ2) is 7.36. The quantitative estimate of drug-likeness (QED) is 0.915. The molecule has 1 aromatic carbocycles. The molecule has 1 aromatic rings. The fraction of sp³-hybridized carbons (Fsp3) is 0.667. The van der Waals surface area contributed by atoms with Crippen LogP contribution in [0.2, 0.25) is 0 Å². The van der Waals surface area contributed by atoms with Gasteiger partial charge in [-0.1, -0.05) is 12.8 Å². The standard InChI is InChI=1S/C21H30N2O2/c24-19-11-14-22(15-12-19)18-9-7-17(8-10-18)21(25)23-13-3-6-20(23)16-4-1-2-5-16/h7-10,16,19-20,24H,1-6,11-15H2. The topological polar surface area (TPSA) is 43.8 Å². The van der Waals surface area contributed by atoms with Crippen LogP contribution in [0.5, 0.6) is 0 Å². The molecule has 4 nitrogen and oxygen atoms in total. The van der Waals surface area contributed by atoms with Crippen LogP contribution in [0.1, 0.15) is 61.7 Å². The normalized spacial score (nSPS) is 25.7. The van der Waals surface area contributed by atoms with Crippen molar-refractivity contribution in [1.29, 1.82) is 0 Å². The monoisotopic (exact) mass is 342 g/mol. The van der Waals surface area contributed by atoms with Gasteiger partial charge in [0.25, 0.3) is 5.91 Å².